The summed E-state index contributed by atoms with van der Waals surface area (Å²) in [6.45, 7) is 11.0. The first-order valence-electron chi connectivity index (χ1n) is 9.40. The van der Waals surface area contributed by atoms with E-state index in [1.165, 1.54) is 35.7 Å². The highest BCUT2D eigenvalue weighted by atomic mass is 127. The standard InChI is InChI=1S/C19H29N5S2.HI/c1-4-20-19(22-13-18-23-14(2)15(3)26-18)21-12-16(17-8-7-11-25-17)24-9-5-6-10-24;/h7-8,11,16H,4-6,9-10,12-13H2,1-3H3,(H2,20,21,22);1H. The molecule has 1 aliphatic heterocycles. The summed E-state index contributed by atoms with van der Waals surface area (Å²) in [5.74, 6) is 0.874. The van der Waals surface area contributed by atoms with Crippen molar-refractivity contribution < 1.29 is 0 Å². The van der Waals surface area contributed by atoms with Crippen LogP contribution in [0.15, 0.2) is 22.5 Å². The molecule has 0 bridgehead atoms. The van der Waals surface area contributed by atoms with E-state index in [1.807, 2.05) is 11.3 Å². The van der Waals surface area contributed by atoms with Gasteiger partial charge >= 0.3 is 0 Å². The van der Waals surface area contributed by atoms with Crippen LogP contribution in [0.4, 0.5) is 0 Å². The topological polar surface area (TPSA) is 52.6 Å². The van der Waals surface area contributed by atoms with Gasteiger partial charge in [-0.25, -0.2) is 9.98 Å². The van der Waals surface area contributed by atoms with Gasteiger partial charge < -0.3 is 10.6 Å². The van der Waals surface area contributed by atoms with Gasteiger partial charge in [0.1, 0.15) is 5.01 Å². The summed E-state index contributed by atoms with van der Waals surface area (Å²) < 4.78 is 0. The predicted molar refractivity (Wildman–Crippen MR) is 128 cm³/mol. The Labute approximate surface area is 187 Å². The molecule has 2 aromatic rings. The van der Waals surface area contributed by atoms with Crippen molar-refractivity contribution in [3.63, 3.8) is 0 Å². The van der Waals surface area contributed by atoms with Crippen LogP contribution in [0.3, 0.4) is 0 Å². The third-order valence-corrected chi connectivity index (χ3v) is 6.74. The van der Waals surface area contributed by atoms with Gasteiger partial charge in [-0.05, 0) is 58.1 Å². The van der Waals surface area contributed by atoms with Crippen LogP contribution < -0.4 is 10.6 Å². The monoisotopic (exact) mass is 519 g/mol. The van der Waals surface area contributed by atoms with Crippen molar-refractivity contribution >= 4 is 52.6 Å². The molecule has 1 unspecified atom stereocenters. The predicted octanol–water partition coefficient (Wildman–Crippen LogP) is 4.33. The van der Waals surface area contributed by atoms with E-state index in [0.29, 0.717) is 12.6 Å². The maximum absolute atomic E-state index is 4.75. The van der Waals surface area contributed by atoms with Crippen LogP contribution in [-0.4, -0.2) is 42.0 Å². The molecule has 0 spiro atoms. The Bertz CT molecular complexity index is 688. The molecular formula is C19H30IN5S2. The zero-order valence-corrected chi connectivity index (χ0v) is 20.3. The molecule has 2 aromatic heterocycles. The lowest BCUT2D eigenvalue weighted by molar-refractivity contribution is 0.249. The molecule has 1 aliphatic rings. The van der Waals surface area contributed by atoms with E-state index < -0.39 is 0 Å². The van der Waals surface area contributed by atoms with Gasteiger partial charge in [-0.2, -0.15) is 0 Å². The van der Waals surface area contributed by atoms with Gasteiger partial charge in [0.25, 0.3) is 0 Å². The smallest absolute Gasteiger partial charge is 0.191 e. The van der Waals surface area contributed by atoms with Gasteiger partial charge in [-0.3, -0.25) is 4.90 Å². The van der Waals surface area contributed by atoms with Crippen molar-refractivity contribution in [2.24, 2.45) is 4.99 Å². The van der Waals surface area contributed by atoms with Crippen molar-refractivity contribution in [2.45, 2.75) is 46.2 Å². The lowest BCUT2D eigenvalue weighted by Crippen LogP contribution is -2.42. The molecule has 3 rings (SSSR count). The minimum Gasteiger partial charge on any atom is -0.357 e. The Kier molecular flexibility index (Phi) is 9.47. The largest absolute Gasteiger partial charge is 0.357 e. The normalized spacial score (nSPS) is 16.2. The number of aromatic nitrogens is 1. The molecule has 5 nitrogen and oxygen atoms in total. The molecule has 1 fully saturated rings. The summed E-state index contributed by atoms with van der Waals surface area (Å²) in [6, 6.07) is 4.82. The number of likely N-dealkylation sites (tertiary alicyclic amines) is 1. The maximum atomic E-state index is 4.75. The Morgan fingerprint density at radius 3 is 2.67 bits per heavy atom. The number of guanidine groups is 1. The molecule has 0 amide bonds. The minimum absolute atomic E-state index is 0. The first-order valence-corrected chi connectivity index (χ1v) is 11.1. The first kappa shape index (κ1) is 22.6. The lowest BCUT2D eigenvalue weighted by Gasteiger charge is -2.27. The highest BCUT2D eigenvalue weighted by molar-refractivity contribution is 14.0. The van der Waals surface area contributed by atoms with Gasteiger partial charge in [-0.15, -0.1) is 46.7 Å². The zero-order chi connectivity index (χ0) is 18.4. The van der Waals surface area contributed by atoms with Gasteiger partial charge in [-0.1, -0.05) is 6.07 Å². The average Bonchev–Trinajstić information content (AvgIpc) is 3.37. The van der Waals surface area contributed by atoms with Gasteiger partial charge in [0.15, 0.2) is 5.96 Å². The van der Waals surface area contributed by atoms with Crippen molar-refractivity contribution in [1.29, 1.82) is 0 Å². The molecule has 1 atom stereocenters. The number of rotatable bonds is 7. The quantitative estimate of drug-likeness (QED) is 0.325. The fraction of sp³-hybridized carbons (Fsp3) is 0.579. The average molecular weight is 520 g/mol. The molecule has 0 saturated carbocycles. The summed E-state index contributed by atoms with van der Waals surface area (Å²) in [4.78, 5) is 14.6. The summed E-state index contributed by atoms with van der Waals surface area (Å²) >= 11 is 3.58. The van der Waals surface area contributed by atoms with E-state index in [1.54, 1.807) is 11.3 Å². The fourth-order valence-corrected chi connectivity index (χ4v) is 4.95. The molecule has 150 valence electrons. The summed E-state index contributed by atoms with van der Waals surface area (Å²) in [6.07, 6.45) is 2.61. The second-order valence-electron chi connectivity index (χ2n) is 6.60. The van der Waals surface area contributed by atoms with Crippen molar-refractivity contribution in [2.75, 3.05) is 26.2 Å². The Balaban J connectivity index is 0.00000261. The number of aliphatic imine (C=N–C) groups is 1. The number of halogens is 1. The molecule has 8 heteroatoms. The van der Waals surface area contributed by atoms with Crippen molar-refractivity contribution in [3.8, 4) is 0 Å². The molecule has 0 aromatic carbocycles. The molecule has 0 aliphatic carbocycles. The Morgan fingerprint density at radius 1 is 1.30 bits per heavy atom. The number of nitrogens with one attached hydrogen (secondary N) is 2. The number of nitrogens with zero attached hydrogens (tertiary/aromatic N) is 3. The number of thiophene rings is 1. The Hall–Kier alpha value is -0.710. The van der Waals surface area contributed by atoms with Crippen LogP contribution in [0, 0.1) is 13.8 Å². The molecule has 27 heavy (non-hydrogen) atoms. The van der Waals surface area contributed by atoms with E-state index in [0.717, 1.165) is 29.8 Å². The lowest BCUT2D eigenvalue weighted by atomic mass is 10.2. The summed E-state index contributed by atoms with van der Waals surface area (Å²) in [5.41, 5.74) is 1.12. The van der Waals surface area contributed by atoms with Crippen LogP contribution in [0.5, 0.6) is 0 Å². The minimum atomic E-state index is 0. The highest BCUT2D eigenvalue weighted by Gasteiger charge is 2.24. The molecule has 3 heterocycles. The van der Waals surface area contributed by atoms with Crippen molar-refractivity contribution in [1.82, 2.24) is 20.5 Å². The molecule has 1 saturated heterocycles. The molecule has 0 radical (unpaired) electrons. The van der Waals surface area contributed by atoms with Crippen molar-refractivity contribution in [3.05, 3.63) is 38.0 Å². The van der Waals surface area contributed by atoms with Crippen LogP contribution in [0.2, 0.25) is 0 Å². The Morgan fingerprint density at radius 2 is 2.07 bits per heavy atom. The second-order valence-corrected chi connectivity index (χ2v) is 8.87. The molecule has 2 N–H and O–H groups in total. The van der Waals surface area contributed by atoms with Crippen LogP contribution in [-0.2, 0) is 6.54 Å². The highest BCUT2D eigenvalue weighted by Crippen LogP contribution is 2.27. The zero-order valence-electron chi connectivity index (χ0n) is 16.3. The number of hydrogen-bond acceptors (Lipinski definition) is 5. The molecular weight excluding hydrogens is 489 g/mol. The summed E-state index contributed by atoms with van der Waals surface area (Å²) in [5, 5.41) is 10.2. The number of aryl methyl sites for hydroxylation is 2. The van der Waals surface area contributed by atoms with E-state index in [2.05, 4.69) is 58.8 Å². The first-order chi connectivity index (χ1) is 12.7. The van der Waals surface area contributed by atoms with E-state index in [9.17, 15) is 0 Å². The number of hydrogen-bond donors (Lipinski definition) is 2. The van der Waals surface area contributed by atoms with Crippen LogP contribution >= 0.6 is 46.7 Å². The van der Waals surface area contributed by atoms with E-state index >= 15 is 0 Å². The van der Waals surface area contributed by atoms with Crippen LogP contribution in [0.1, 0.15) is 46.3 Å². The van der Waals surface area contributed by atoms with Gasteiger partial charge in [0.05, 0.1) is 18.3 Å². The number of thiazole rings is 1. The van der Waals surface area contributed by atoms with E-state index in [-0.39, 0.29) is 24.0 Å². The summed E-state index contributed by atoms with van der Waals surface area (Å²) in [7, 11) is 0. The van der Waals surface area contributed by atoms with Gasteiger partial charge in [0.2, 0.25) is 0 Å². The third kappa shape index (κ3) is 6.40. The fourth-order valence-electron chi connectivity index (χ4n) is 3.23. The second kappa shape index (κ2) is 11.3. The van der Waals surface area contributed by atoms with Crippen LogP contribution in [0.25, 0.3) is 0 Å². The SMILES string of the molecule is CCNC(=NCc1nc(C)c(C)s1)NCC(c1cccs1)N1CCCC1.I. The third-order valence-electron chi connectivity index (χ3n) is 4.71. The van der Waals surface area contributed by atoms with E-state index in [4.69, 9.17) is 4.99 Å². The maximum Gasteiger partial charge on any atom is 0.191 e. The van der Waals surface area contributed by atoms with Gasteiger partial charge in [0, 0.05) is 22.8 Å².